The van der Waals surface area contributed by atoms with Crippen LogP contribution in [0.2, 0.25) is 0 Å². The molecule has 1 heterocycles. The monoisotopic (exact) mass is 283 g/mol. The first kappa shape index (κ1) is 14.4. The molecule has 1 amide bonds. The fourth-order valence-electron chi connectivity index (χ4n) is 2.80. The SMILES string of the molecule is CCc1cc(C(=O)N(CCCl)C2CCCC2)n(C)n1. The van der Waals surface area contributed by atoms with Crippen molar-refractivity contribution in [3.63, 3.8) is 0 Å². The molecule has 0 radical (unpaired) electrons. The van der Waals surface area contributed by atoms with Crippen LogP contribution in [0, 0.1) is 0 Å². The Balaban J connectivity index is 2.19. The van der Waals surface area contributed by atoms with Crippen LogP contribution in [-0.2, 0) is 13.5 Å². The van der Waals surface area contributed by atoms with Crippen LogP contribution in [0.5, 0.6) is 0 Å². The Morgan fingerprint density at radius 3 is 2.74 bits per heavy atom. The summed E-state index contributed by atoms with van der Waals surface area (Å²) in [5.41, 5.74) is 1.64. The molecule has 0 N–H and O–H groups in total. The van der Waals surface area contributed by atoms with Crippen LogP contribution < -0.4 is 0 Å². The molecule has 0 atom stereocenters. The van der Waals surface area contributed by atoms with Crippen molar-refractivity contribution in [2.75, 3.05) is 12.4 Å². The van der Waals surface area contributed by atoms with E-state index in [0.29, 0.717) is 24.2 Å². The van der Waals surface area contributed by atoms with Crippen molar-refractivity contribution in [3.05, 3.63) is 17.5 Å². The molecular weight excluding hydrogens is 262 g/mol. The number of aryl methyl sites for hydroxylation is 2. The van der Waals surface area contributed by atoms with Gasteiger partial charge in [-0.2, -0.15) is 5.10 Å². The Hall–Kier alpha value is -1.03. The Kier molecular flexibility index (Phi) is 4.86. The number of amides is 1. The van der Waals surface area contributed by atoms with E-state index >= 15 is 0 Å². The highest BCUT2D eigenvalue weighted by Gasteiger charge is 2.28. The summed E-state index contributed by atoms with van der Waals surface area (Å²) in [7, 11) is 1.83. The predicted octanol–water partition coefficient (Wildman–Crippen LogP) is 2.61. The third-order valence-electron chi connectivity index (χ3n) is 3.86. The van der Waals surface area contributed by atoms with E-state index < -0.39 is 0 Å². The molecule has 1 aliphatic carbocycles. The zero-order valence-corrected chi connectivity index (χ0v) is 12.5. The van der Waals surface area contributed by atoms with E-state index in [4.69, 9.17) is 11.6 Å². The number of rotatable bonds is 5. The number of carbonyl (C=O) groups excluding carboxylic acids is 1. The number of hydrogen-bond donors (Lipinski definition) is 0. The lowest BCUT2D eigenvalue weighted by atomic mass is 10.2. The van der Waals surface area contributed by atoms with Crippen molar-refractivity contribution in [1.29, 1.82) is 0 Å². The fourth-order valence-corrected chi connectivity index (χ4v) is 2.99. The summed E-state index contributed by atoms with van der Waals surface area (Å²) >= 11 is 5.86. The van der Waals surface area contributed by atoms with Gasteiger partial charge in [0, 0.05) is 25.5 Å². The molecule has 1 aliphatic rings. The lowest BCUT2D eigenvalue weighted by Gasteiger charge is -2.28. The van der Waals surface area contributed by atoms with E-state index in [1.54, 1.807) is 4.68 Å². The number of alkyl halides is 1. The summed E-state index contributed by atoms with van der Waals surface area (Å²) in [6.07, 6.45) is 5.47. The number of carbonyl (C=O) groups is 1. The summed E-state index contributed by atoms with van der Waals surface area (Å²) in [4.78, 5) is 14.6. The Morgan fingerprint density at radius 1 is 1.53 bits per heavy atom. The average Bonchev–Trinajstić information content (AvgIpc) is 3.04. The molecule has 0 bridgehead atoms. The van der Waals surface area contributed by atoms with Gasteiger partial charge in [-0.05, 0) is 25.3 Å². The van der Waals surface area contributed by atoms with Gasteiger partial charge in [-0.1, -0.05) is 19.8 Å². The van der Waals surface area contributed by atoms with Crippen LogP contribution in [0.25, 0.3) is 0 Å². The summed E-state index contributed by atoms with van der Waals surface area (Å²) in [5.74, 6) is 0.558. The predicted molar refractivity (Wildman–Crippen MR) is 76.6 cm³/mol. The van der Waals surface area contributed by atoms with E-state index in [2.05, 4.69) is 5.10 Å². The normalized spacial score (nSPS) is 15.9. The molecule has 0 saturated heterocycles. The number of halogens is 1. The third-order valence-corrected chi connectivity index (χ3v) is 4.03. The summed E-state index contributed by atoms with van der Waals surface area (Å²) in [5, 5.41) is 4.36. The van der Waals surface area contributed by atoms with Gasteiger partial charge < -0.3 is 4.90 Å². The summed E-state index contributed by atoms with van der Waals surface area (Å²) < 4.78 is 1.69. The van der Waals surface area contributed by atoms with Crippen LogP contribution in [0.4, 0.5) is 0 Å². The largest absolute Gasteiger partial charge is 0.333 e. The summed E-state index contributed by atoms with van der Waals surface area (Å²) in [6, 6.07) is 2.25. The van der Waals surface area contributed by atoms with E-state index in [1.807, 2.05) is 24.9 Å². The second-order valence-electron chi connectivity index (χ2n) is 5.12. The van der Waals surface area contributed by atoms with Gasteiger partial charge in [-0.25, -0.2) is 0 Å². The van der Waals surface area contributed by atoms with Crippen LogP contribution >= 0.6 is 11.6 Å². The molecule has 1 aromatic rings. The van der Waals surface area contributed by atoms with Crippen molar-refractivity contribution in [3.8, 4) is 0 Å². The summed E-state index contributed by atoms with van der Waals surface area (Å²) in [6.45, 7) is 2.67. The first-order chi connectivity index (χ1) is 9.17. The molecule has 2 rings (SSSR count). The second-order valence-corrected chi connectivity index (χ2v) is 5.50. The van der Waals surface area contributed by atoms with Gasteiger partial charge in [0.1, 0.15) is 5.69 Å². The highest BCUT2D eigenvalue weighted by Crippen LogP contribution is 2.25. The molecule has 4 nitrogen and oxygen atoms in total. The minimum atomic E-state index is 0.0715. The van der Waals surface area contributed by atoms with Crippen LogP contribution in [0.15, 0.2) is 6.07 Å². The molecule has 1 fully saturated rings. The number of aromatic nitrogens is 2. The molecule has 19 heavy (non-hydrogen) atoms. The van der Waals surface area contributed by atoms with Crippen molar-refractivity contribution >= 4 is 17.5 Å². The second kappa shape index (κ2) is 6.42. The minimum absolute atomic E-state index is 0.0715. The van der Waals surface area contributed by atoms with Gasteiger partial charge in [0.2, 0.25) is 0 Å². The molecule has 0 aromatic carbocycles. The lowest BCUT2D eigenvalue weighted by Crippen LogP contribution is -2.41. The van der Waals surface area contributed by atoms with Crippen molar-refractivity contribution in [1.82, 2.24) is 14.7 Å². The average molecular weight is 284 g/mol. The molecule has 1 aromatic heterocycles. The van der Waals surface area contributed by atoms with Gasteiger partial charge in [0.25, 0.3) is 5.91 Å². The maximum atomic E-state index is 12.7. The zero-order chi connectivity index (χ0) is 13.8. The van der Waals surface area contributed by atoms with Crippen molar-refractivity contribution < 1.29 is 4.79 Å². The molecule has 0 spiro atoms. The first-order valence-corrected chi connectivity index (χ1v) is 7.60. The first-order valence-electron chi connectivity index (χ1n) is 7.07. The van der Waals surface area contributed by atoms with Gasteiger partial charge >= 0.3 is 0 Å². The van der Waals surface area contributed by atoms with Gasteiger partial charge in [0.05, 0.1) is 5.69 Å². The van der Waals surface area contributed by atoms with Crippen LogP contribution in [0.3, 0.4) is 0 Å². The van der Waals surface area contributed by atoms with E-state index in [0.717, 1.165) is 25.0 Å². The standard InChI is InChI=1S/C14H22ClN3O/c1-3-11-10-13(17(2)16-11)14(19)18(9-8-15)12-6-4-5-7-12/h10,12H,3-9H2,1-2H3. The zero-order valence-electron chi connectivity index (χ0n) is 11.7. The minimum Gasteiger partial charge on any atom is -0.333 e. The Bertz CT molecular complexity index is 438. The number of nitrogens with zero attached hydrogens (tertiary/aromatic N) is 3. The van der Waals surface area contributed by atoms with E-state index in [1.165, 1.54) is 12.8 Å². The maximum Gasteiger partial charge on any atom is 0.272 e. The number of hydrogen-bond acceptors (Lipinski definition) is 2. The fraction of sp³-hybridized carbons (Fsp3) is 0.714. The molecular formula is C14H22ClN3O. The van der Waals surface area contributed by atoms with E-state index in [9.17, 15) is 4.79 Å². The molecule has 5 heteroatoms. The highest BCUT2D eigenvalue weighted by atomic mass is 35.5. The Morgan fingerprint density at radius 2 is 2.21 bits per heavy atom. The highest BCUT2D eigenvalue weighted by molar-refractivity contribution is 6.18. The molecule has 1 saturated carbocycles. The quantitative estimate of drug-likeness (QED) is 0.779. The third kappa shape index (κ3) is 3.11. The van der Waals surface area contributed by atoms with Crippen molar-refractivity contribution in [2.24, 2.45) is 7.05 Å². The van der Waals surface area contributed by atoms with Crippen LogP contribution in [0.1, 0.15) is 48.8 Å². The van der Waals surface area contributed by atoms with Crippen LogP contribution in [-0.4, -0.2) is 39.1 Å². The van der Waals surface area contributed by atoms with Gasteiger partial charge in [-0.3, -0.25) is 9.48 Å². The molecule has 0 unspecified atom stereocenters. The smallest absolute Gasteiger partial charge is 0.272 e. The topological polar surface area (TPSA) is 38.1 Å². The lowest BCUT2D eigenvalue weighted by molar-refractivity contribution is 0.0684. The molecule has 0 aliphatic heterocycles. The maximum absolute atomic E-state index is 12.7. The molecule has 106 valence electrons. The van der Waals surface area contributed by atoms with E-state index in [-0.39, 0.29) is 5.91 Å². The van der Waals surface area contributed by atoms with Gasteiger partial charge in [-0.15, -0.1) is 11.6 Å². The van der Waals surface area contributed by atoms with Gasteiger partial charge in [0.15, 0.2) is 0 Å². The Labute approximate surface area is 119 Å². The van der Waals surface area contributed by atoms with Crippen molar-refractivity contribution in [2.45, 2.75) is 45.1 Å².